The van der Waals surface area contributed by atoms with Crippen LogP contribution in [0.3, 0.4) is 0 Å². The molecule has 9 heteroatoms. The molecule has 2 N–H and O–H groups in total. The second-order valence-electron chi connectivity index (χ2n) is 4.13. The van der Waals surface area contributed by atoms with E-state index in [1.807, 2.05) is 0 Å². The number of halogens is 2. The molecule has 1 aromatic carbocycles. The minimum absolute atomic E-state index is 0.00674. The van der Waals surface area contributed by atoms with E-state index in [9.17, 15) is 17.6 Å². The highest BCUT2D eigenvalue weighted by Crippen LogP contribution is 2.31. The molecule has 0 fully saturated rings. The summed E-state index contributed by atoms with van der Waals surface area (Å²) in [7, 11) is -3.89. The number of hydrogen-bond donors (Lipinski definition) is 2. The van der Waals surface area contributed by atoms with E-state index in [0.717, 1.165) is 23.5 Å². The van der Waals surface area contributed by atoms with Gasteiger partial charge in [0.05, 0.1) is 15.6 Å². The normalized spacial score (nSPS) is 11.4. The van der Waals surface area contributed by atoms with Gasteiger partial charge < -0.3 is 5.11 Å². The minimum Gasteiger partial charge on any atom is -0.478 e. The average Bonchev–Trinajstić information content (AvgIpc) is 2.69. The van der Waals surface area contributed by atoms with Gasteiger partial charge >= 0.3 is 5.97 Å². The van der Waals surface area contributed by atoms with E-state index in [2.05, 4.69) is 4.72 Å². The molecule has 0 atom stereocenters. The molecule has 0 amide bonds. The Bertz CT molecular complexity index is 797. The Labute approximate surface area is 129 Å². The fourth-order valence-corrected chi connectivity index (χ4v) is 4.28. The zero-order chi connectivity index (χ0) is 15.8. The van der Waals surface area contributed by atoms with E-state index in [0.29, 0.717) is 9.90 Å². The first-order valence-corrected chi connectivity index (χ1v) is 8.20. The van der Waals surface area contributed by atoms with Crippen molar-refractivity contribution in [2.24, 2.45) is 0 Å². The molecule has 0 saturated carbocycles. The number of carboxylic acids is 1. The van der Waals surface area contributed by atoms with Crippen molar-refractivity contribution in [3.8, 4) is 0 Å². The van der Waals surface area contributed by atoms with E-state index >= 15 is 0 Å². The lowest BCUT2D eigenvalue weighted by molar-refractivity contribution is 0.0692. The average molecular weight is 350 g/mol. The minimum atomic E-state index is -3.89. The Morgan fingerprint density at radius 2 is 2.05 bits per heavy atom. The van der Waals surface area contributed by atoms with Gasteiger partial charge in [0.2, 0.25) is 0 Å². The SMILES string of the molecule is Cc1cc(S(=O)(=O)Nc2ccc(C(=O)O)c(F)c2)sc1Cl. The van der Waals surface area contributed by atoms with Crippen LogP contribution in [-0.4, -0.2) is 19.5 Å². The summed E-state index contributed by atoms with van der Waals surface area (Å²) in [5.74, 6) is -2.45. The lowest BCUT2D eigenvalue weighted by Gasteiger charge is -2.07. The molecule has 1 aromatic heterocycles. The van der Waals surface area contributed by atoms with Gasteiger partial charge in [-0.05, 0) is 36.8 Å². The molecule has 5 nitrogen and oxygen atoms in total. The highest BCUT2D eigenvalue weighted by Gasteiger charge is 2.19. The van der Waals surface area contributed by atoms with Crippen molar-refractivity contribution in [3.05, 3.63) is 45.5 Å². The third kappa shape index (κ3) is 3.34. The van der Waals surface area contributed by atoms with Crippen LogP contribution in [0.1, 0.15) is 15.9 Å². The molecule has 0 spiro atoms. The maximum atomic E-state index is 13.5. The molecule has 112 valence electrons. The molecule has 2 rings (SSSR count). The molecule has 21 heavy (non-hydrogen) atoms. The van der Waals surface area contributed by atoms with Gasteiger partial charge in [0.15, 0.2) is 0 Å². The topological polar surface area (TPSA) is 83.5 Å². The third-order valence-electron chi connectivity index (χ3n) is 2.55. The summed E-state index contributed by atoms with van der Waals surface area (Å²) >= 11 is 6.70. The van der Waals surface area contributed by atoms with Crippen LogP contribution in [0, 0.1) is 12.7 Å². The number of hydrogen-bond acceptors (Lipinski definition) is 4. The number of aryl methyl sites for hydroxylation is 1. The van der Waals surface area contributed by atoms with Gasteiger partial charge in [-0.25, -0.2) is 17.6 Å². The Balaban J connectivity index is 2.33. The third-order valence-corrected chi connectivity index (χ3v) is 5.96. The van der Waals surface area contributed by atoms with Gasteiger partial charge in [-0.2, -0.15) is 0 Å². The summed E-state index contributed by atoms with van der Waals surface area (Å²) in [6.07, 6.45) is 0. The number of anilines is 1. The zero-order valence-electron chi connectivity index (χ0n) is 10.6. The second-order valence-corrected chi connectivity index (χ2v) is 7.69. The van der Waals surface area contributed by atoms with Gasteiger partial charge in [-0.3, -0.25) is 4.72 Å². The number of sulfonamides is 1. The van der Waals surface area contributed by atoms with Crippen molar-refractivity contribution in [3.63, 3.8) is 0 Å². The quantitative estimate of drug-likeness (QED) is 0.886. The Morgan fingerprint density at radius 1 is 1.38 bits per heavy atom. The number of rotatable bonds is 4. The summed E-state index contributed by atoms with van der Waals surface area (Å²) < 4.78 is 40.2. The summed E-state index contributed by atoms with van der Waals surface area (Å²) in [6.45, 7) is 1.67. The van der Waals surface area contributed by atoms with Crippen LogP contribution in [0.5, 0.6) is 0 Å². The highest BCUT2D eigenvalue weighted by atomic mass is 35.5. The summed E-state index contributed by atoms with van der Waals surface area (Å²) in [5, 5.41) is 8.71. The molecular weight excluding hydrogens is 341 g/mol. The maximum absolute atomic E-state index is 13.5. The number of aromatic carboxylic acids is 1. The first kappa shape index (κ1) is 15.7. The molecule has 0 radical (unpaired) electrons. The van der Waals surface area contributed by atoms with E-state index < -0.39 is 27.4 Å². The summed E-state index contributed by atoms with van der Waals surface area (Å²) in [5.41, 5.74) is 0.0158. The van der Waals surface area contributed by atoms with Crippen LogP contribution in [0.15, 0.2) is 28.5 Å². The zero-order valence-corrected chi connectivity index (χ0v) is 12.9. The van der Waals surface area contributed by atoms with Crippen LogP contribution in [0.4, 0.5) is 10.1 Å². The lowest BCUT2D eigenvalue weighted by atomic mass is 10.2. The van der Waals surface area contributed by atoms with Crippen molar-refractivity contribution in [1.82, 2.24) is 0 Å². The predicted molar refractivity (Wildman–Crippen MR) is 78.2 cm³/mol. The Kier molecular flexibility index (Phi) is 4.22. The molecule has 0 aliphatic heterocycles. The molecular formula is C12H9ClFNO4S2. The van der Waals surface area contributed by atoms with Crippen molar-refractivity contribution in [1.29, 1.82) is 0 Å². The lowest BCUT2D eigenvalue weighted by Crippen LogP contribution is -2.12. The molecule has 0 bridgehead atoms. The van der Waals surface area contributed by atoms with Crippen LogP contribution in [0.2, 0.25) is 4.34 Å². The first-order valence-electron chi connectivity index (χ1n) is 5.52. The van der Waals surface area contributed by atoms with Crippen molar-refractivity contribution < 1.29 is 22.7 Å². The predicted octanol–water partition coefficient (Wildman–Crippen LogP) is 3.35. The fourth-order valence-electron chi connectivity index (χ4n) is 1.52. The summed E-state index contributed by atoms with van der Waals surface area (Å²) in [6, 6.07) is 4.37. The van der Waals surface area contributed by atoms with Crippen LogP contribution in [-0.2, 0) is 10.0 Å². The van der Waals surface area contributed by atoms with E-state index in [4.69, 9.17) is 16.7 Å². The van der Waals surface area contributed by atoms with Crippen LogP contribution < -0.4 is 4.72 Å². The van der Waals surface area contributed by atoms with Gasteiger partial charge in [0.25, 0.3) is 10.0 Å². The molecule has 1 heterocycles. The first-order chi connectivity index (χ1) is 9.70. The van der Waals surface area contributed by atoms with E-state index in [1.165, 1.54) is 12.1 Å². The van der Waals surface area contributed by atoms with Gasteiger partial charge in [-0.1, -0.05) is 11.6 Å². The smallest absolute Gasteiger partial charge is 0.338 e. The second kappa shape index (κ2) is 5.63. The van der Waals surface area contributed by atoms with Gasteiger partial charge in [-0.15, -0.1) is 11.3 Å². The molecule has 0 aliphatic carbocycles. The number of carboxylic acid groups (broad SMARTS) is 1. The van der Waals surface area contributed by atoms with Crippen molar-refractivity contribution in [2.75, 3.05) is 4.72 Å². The van der Waals surface area contributed by atoms with Crippen molar-refractivity contribution >= 4 is 44.6 Å². The van der Waals surface area contributed by atoms with Gasteiger partial charge in [0, 0.05) is 0 Å². The maximum Gasteiger partial charge on any atom is 0.338 e. The molecule has 0 unspecified atom stereocenters. The molecule has 2 aromatic rings. The molecule has 0 saturated heterocycles. The number of benzene rings is 1. The number of thiophene rings is 1. The summed E-state index contributed by atoms with van der Waals surface area (Å²) in [4.78, 5) is 10.7. The van der Waals surface area contributed by atoms with Crippen molar-refractivity contribution in [2.45, 2.75) is 11.1 Å². The number of nitrogens with one attached hydrogen (secondary N) is 1. The fraction of sp³-hybridized carbons (Fsp3) is 0.0833. The number of carbonyl (C=O) groups is 1. The Morgan fingerprint density at radius 3 is 2.52 bits per heavy atom. The van der Waals surface area contributed by atoms with E-state index in [1.54, 1.807) is 6.92 Å². The largest absolute Gasteiger partial charge is 0.478 e. The van der Waals surface area contributed by atoms with Crippen LogP contribution in [0.25, 0.3) is 0 Å². The molecule has 0 aliphatic rings. The Hall–Kier alpha value is -1.64. The van der Waals surface area contributed by atoms with E-state index in [-0.39, 0.29) is 9.90 Å². The van der Waals surface area contributed by atoms with Crippen LogP contribution >= 0.6 is 22.9 Å². The highest BCUT2D eigenvalue weighted by molar-refractivity contribution is 7.94. The standard InChI is InChI=1S/C12H9ClFNO4S2/c1-6-4-10(20-11(6)13)21(18,19)15-7-2-3-8(12(16)17)9(14)5-7/h2-5,15H,1H3,(H,16,17). The van der Waals surface area contributed by atoms with Gasteiger partial charge in [0.1, 0.15) is 10.0 Å². The monoisotopic (exact) mass is 349 g/mol.